The highest BCUT2D eigenvalue weighted by molar-refractivity contribution is 5.68. The number of hydrogen-bond acceptors (Lipinski definition) is 3. The Hall–Kier alpha value is -2.07. The van der Waals surface area contributed by atoms with Gasteiger partial charge in [0.25, 0.3) is 0 Å². The summed E-state index contributed by atoms with van der Waals surface area (Å²) in [4.78, 5) is 5.32. The van der Waals surface area contributed by atoms with E-state index >= 15 is 0 Å². The maximum Gasteiger partial charge on any atom is 0.123 e. The van der Waals surface area contributed by atoms with Crippen molar-refractivity contribution in [3.8, 4) is 5.75 Å². The monoisotopic (exact) mass is 366 g/mol. The fraction of sp³-hybridized carbons (Fsp3) is 0.478. The lowest BCUT2D eigenvalue weighted by atomic mass is 9.88. The third kappa shape index (κ3) is 3.20. The number of nitrogens with zero attached hydrogens (tertiary/aromatic N) is 2. The molecule has 0 bridgehead atoms. The largest absolute Gasteiger partial charge is 0.494 e. The van der Waals surface area contributed by atoms with Gasteiger partial charge < -0.3 is 14.5 Å². The number of halogens is 1. The van der Waals surface area contributed by atoms with Crippen LogP contribution in [-0.2, 0) is 6.42 Å². The van der Waals surface area contributed by atoms with Crippen LogP contribution in [0.2, 0.25) is 0 Å². The van der Waals surface area contributed by atoms with E-state index in [9.17, 15) is 4.39 Å². The molecule has 2 unspecified atom stereocenters. The SMILES string of the molecule is Fc1ccc(OCCCN2CCC3C(C2)c2cccc4c2N3CCC4)cc1. The maximum absolute atomic E-state index is 12.9. The van der Waals surface area contributed by atoms with Crippen LogP contribution in [0.25, 0.3) is 0 Å². The molecule has 0 radical (unpaired) electrons. The summed E-state index contributed by atoms with van der Waals surface area (Å²) in [5.41, 5.74) is 4.72. The molecule has 3 aliphatic heterocycles. The molecule has 2 aromatic carbocycles. The van der Waals surface area contributed by atoms with E-state index < -0.39 is 0 Å². The van der Waals surface area contributed by atoms with E-state index in [1.807, 2.05) is 0 Å². The average molecular weight is 366 g/mol. The van der Waals surface area contributed by atoms with Crippen molar-refractivity contribution in [2.45, 2.75) is 37.6 Å². The van der Waals surface area contributed by atoms with Crippen LogP contribution in [0.1, 0.15) is 36.3 Å². The van der Waals surface area contributed by atoms with E-state index in [2.05, 4.69) is 28.0 Å². The Bertz CT molecular complexity index is 807. The highest BCUT2D eigenvalue weighted by atomic mass is 19.1. The molecule has 0 spiro atoms. The van der Waals surface area contributed by atoms with Gasteiger partial charge in [0.15, 0.2) is 0 Å². The summed E-state index contributed by atoms with van der Waals surface area (Å²) in [7, 11) is 0. The van der Waals surface area contributed by atoms with Crippen molar-refractivity contribution in [1.82, 2.24) is 4.90 Å². The summed E-state index contributed by atoms with van der Waals surface area (Å²) in [5, 5.41) is 0. The van der Waals surface area contributed by atoms with Crippen molar-refractivity contribution < 1.29 is 9.13 Å². The van der Waals surface area contributed by atoms with Gasteiger partial charge in [-0.2, -0.15) is 0 Å². The van der Waals surface area contributed by atoms with Gasteiger partial charge in [-0.05, 0) is 61.1 Å². The van der Waals surface area contributed by atoms with Crippen molar-refractivity contribution in [1.29, 1.82) is 0 Å². The van der Waals surface area contributed by atoms with Crippen molar-refractivity contribution in [2.75, 3.05) is 37.7 Å². The first-order chi connectivity index (χ1) is 13.3. The molecule has 1 saturated heterocycles. The third-order valence-corrected chi connectivity index (χ3v) is 6.44. The Kier molecular flexibility index (Phi) is 4.52. The number of fused-ring (bicyclic) bond motifs is 3. The van der Waals surface area contributed by atoms with Gasteiger partial charge in [0.2, 0.25) is 0 Å². The van der Waals surface area contributed by atoms with Gasteiger partial charge in [-0.25, -0.2) is 4.39 Å². The van der Waals surface area contributed by atoms with E-state index in [0.717, 1.165) is 25.3 Å². The number of anilines is 1. The van der Waals surface area contributed by atoms with E-state index in [0.29, 0.717) is 18.6 Å². The molecular formula is C23H27FN2O. The van der Waals surface area contributed by atoms with Crippen molar-refractivity contribution in [3.63, 3.8) is 0 Å². The van der Waals surface area contributed by atoms with Crippen molar-refractivity contribution in [3.05, 3.63) is 59.4 Å². The smallest absolute Gasteiger partial charge is 0.123 e. The third-order valence-electron chi connectivity index (χ3n) is 6.44. The molecule has 27 heavy (non-hydrogen) atoms. The van der Waals surface area contributed by atoms with Crippen LogP contribution in [0.4, 0.5) is 10.1 Å². The minimum Gasteiger partial charge on any atom is -0.494 e. The molecule has 2 aromatic rings. The number of rotatable bonds is 5. The molecule has 3 heterocycles. The molecule has 0 amide bonds. The van der Waals surface area contributed by atoms with Crippen LogP contribution in [0.5, 0.6) is 5.75 Å². The Morgan fingerprint density at radius 2 is 1.96 bits per heavy atom. The highest BCUT2D eigenvalue weighted by Crippen LogP contribution is 2.48. The second-order valence-electron chi connectivity index (χ2n) is 8.07. The van der Waals surface area contributed by atoms with Gasteiger partial charge in [0.1, 0.15) is 11.6 Å². The number of piperidine rings is 1. The summed E-state index contributed by atoms with van der Waals surface area (Å²) in [5.74, 6) is 1.19. The lowest BCUT2D eigenvalue weighted by Crippen LogP contribution is -2.47. The van der Waals surface area contributed by atoms with Crippen LogP contribution in [0, 0.1) is 5.82 Å². The second kappa shape index (κ2) is 7.16. The van der Waals surface area contributed by atoms with E-state index in [4.69, 9.17) is 4.74 Å². The molecule has 0 aliphatic carbocycles. The Labute approximate surface area is 160 Å². The summed E-state index contributed by atoms with van der Waals surface area (Å²) in [6.07, 6.45) is 4.80. The zero-order valence-corrected chi connectivity index (χ0v) is 15.7. The number of likely N-dealkylation sites (tertiary alicyclic amines) is 1. The first-order valence-corrected chi connectivity index (χ1v) is 10.3. The second-order valence-corrected chi connectivity index (χ2v) is 8.07. The van der Waals surface area contributed by atoms with Gasteiger partial charge in [-0.15, -0.1) is 0 Å². The molecule has 4 heteroatoms. The van der Waals surface area contributed by atoms with Crippen LogP contribution in [0.3, 0.4) is 0 Å². The minimum absolute atomic E-state index is 0.219. The van der Waals surface area contributed by atoms with E-state index in [1.165, 1.54) is 44.5 Å². The first-order valence-electron chi connectivity index (χ1n) is 10.3. The standard InChI is InChI=1S/C23H27FN2O/c24-18-7-9-19(10-8-18)27-15-3-12-25-14-11-22-21(16-25)20-6-1-4-17-5-2-13-26(22)23(17)20/h1,4,6-10,21-22H,2-3,5,11-16H2. The lowest BCUT2D eigenvalue weighted by molar-refractivity contribution is 0.178. The zero-order valence-electron chi connectivity index (χ0n) is 15.7. The van der Waals surface area contributed by atoms with Gasteiger partial charge in [-0.1, -0.05) is 18.2 Å². The fourth-order valence-corrected chi connectivity index (χ4v) is 5.24. The molecule has 142 valence electrons. The number of hydrogen-bond donors (Lipinski definition) is 0. The van der Waals surface area contributed by atoms with Crippen LogP contribution >= 0.6 is 0 Å². The Morgan fingerprint density at radius 3 is 2.85 bits per heavy atom. The summed E-state index contributed by atoms with van der Waals surface area (Å²) in [6.45, 7) is 5.32. The van der Waals surface area contributed by atoms with Crippen molar-refractivity contribution in [2.24, 2.45) is 0 Å². The van der Waals surface area contributed by atoms with Gasteiger partial charge in [-0.3, -0.25) is 0 Å². The summed E-state index contributed by atoms with van der Waals surface area (Å²) >= 11 is 0. The predicted octanol–water partition coefficient (Wildman–Crippen LogP) is 4.22. The predicted molar refractivity (Wildman–Crippen MR) is 106 cm³/mol. The molecule has 5 rings (SSSR count). The highest BCUT2D eigenvalue weighted by Gasteiger charge is 2.43. The Balaban J connectivity index is 1.18. The summed E-state index contributed by atoms with van der Waals surface area (Å²) in [6, 6.07) is 13.9. The molecule has 0 N–H and O–H groups in total. The fourth-order valence-electron chi connectivity index (χ4n) is 5.24. The van der Waals surface area contributed by atoms with E-state index in [-0.39, 0.29) is 5.82 Å². The van der Waals surface area contributed by atoms with Crippen LogP contribution in [0.15, 0.2) is 42.5 Å². The van der Waals surface area contributed by atoms with Gasteiger partial charge in [0.05, 0.1) is 6.61 Å². The maximum atomic E-state index is 12.9. The number of ether oxygens (including phenoxy) is 1. The van der Waals surface area contributed by atoms with Gasteiger partial charge in [0, 0.05) is 43.8 Å². The molecule has 2 atom stereocenters. The molecular weight excluding hydrogens is 339 g/mol. The first kappa shape index (κ1) is 17.1. The minimum atomic E-state index is -0.219. The number of para-hydroxylation sites is 1. The van der Waals surface area contributed by atoms with E-state index in [1.54, 1.807) is 28.9 Å². The van der Waals surface area contributed by atoms with Crippen LogP contribution in [-0.4, -0.2) is 43.7 Å². The molecule has 0 aromatic heterocycles. The Morgan fingerprint density at radius 1 is 1.07 bits per heavy atom. The number of aryl methyl sites for hydroxylation is 1. The molecule has 3 aliphatic rings. The topological polar surface area (TPSA) is 15.7 Å². The summed E-state index contributed by atoms with van der Waals surface area (Å²) < 4.78 is 18.7. The normalized spacial score (nSPS) is 23.8. The quantitative estimate of drug-likeness (QED) is 0.737. The van der Waals surface area contributed by atoms with Gasteiger partial charge >= 0.3 is 0 Å². The van der Waals surface area contributed by atoms with Crippen molar-refractivity contribution >= 4 is 5.69 Å². The molecule has 3 nitrogen and oxygen atoms in total. The lowest BCUT2D eigenvalue weighted by Gasteiger charge is -2.40. The van der Waals surface area contributed by atoms with Crippen LogP contribution < -0.4 is 9.64 Å². The number of benzene rings is 2. The molecule has 0 saturated carbocycles. The molecule has 1 fully saturated rings. The zero-order chi connectivity index (χ0) is 18.2. The average Bonchev–Trinajstić information content (AvgIpc) is 3.02.